The van der Waals surface area contributed by atoms with Gasteiger partial charge in [0.1, 0.15) is 11.8 Å². The van der Waals surface area contributed by atoms with Gasteiger partial charge in [-0.15, -0.1) is 11.8 Å². The fraction of sp³-hybridized carbons (Fsp3) is 0.333. The van der Waals surface area contributed by atoms with Gasteiger partial charge in [-0.05, 0) is 55.8 Å². The zero-order chi connectivity index (χ0) is 20.1. The van der Waals surface area contributed by atoms with E-state index in [0.29, 0.717) is 28.8 Å². The monoisotopic (exact) mass is 418 g/mol. The predicted molar refractivity (Wildman–Crippen MR) is 113 cm³/mol. The number of thioether (sulfide) groups is 1. The van der Waals surface area contributed by atoms with Crippen LogP contribution in [0.15, 0.2) is 48.5 Å². The van der Waals surface area contributed by atoms with Gasteiger partial charge in [0.05, 0.1) is 18.5 Å². The highest BCUT2D eigenvalue weighted by atomic mass is 35.5. The molecule has 0 saturated carbocycles. The van der Waals surface area contributed by atoms with E-state index < -0.39 is 6.04 Å². The van der Waals surface area contributed by atoms with Crippen molar-refractivity contribution in [1.82, 2.24) is 10.2 Å². The minimum atomic E-state index is -0.495. The van der Waals surface area contributed by atoms with Crippen molar-refractivity contribution in [2.45, 2.75) is 25.9 Å². The topological polar surface area (TPSA) is 58.6 Å². The van der Waals surface area contributed by atoms with Gasteiger partial charge in [0.25, 0.3) is 5.91 Å². The molecule has 5 nitrogen and oxygen atoms in total. The fourth-order valence-corrected chi connectivity index (χ4v) is 4.33. The number of carbonyl (C=O) groups is 2. The van der Waals surface area contributed by atoms with Gasteiger partial charge >= 0.3 is 0 Å². The maximum atomic E-state index is 12.9. The van der Waals surface area contributed by atoms with Crippen LogP contribution in [0.5, 0.6) is 5.75 Å². The maximum absolute atomic E-state index is 12.9. The molecule has 0 aliphatic carbocycles. The van der Waals surface area contributed by atoms with Gasteiger partial charge in [-0.1, -0.05) is 23.7 Å². The lowest BCUT2D eigenvalue weighted by Gasteiger charge is -2.25. The first-order valence-corrected chi connectivity index (χ1v) is 10.7. The number of nitrogens with one attached hydrogen (secondary N) is 1. The number of amides is 2. The lowest BCUT2D eigenvalue weighted by molar-refractivity contribution is -0.125. The number of nitrogens with zero attached hydrogens (tertiary/aromatic N) is 1. The van der Waals surface area contributed by atoms with Crippen molar-refractivity contribution < 1.29 is 14.3 Å². The molecule has 2 aromatic rings. The normalized spacial score (nSPS) is 17.2. The van der Waals surface area contributed by atoms with E-state index >= 15 is 0 Å². The Bertz CT molecular complexity index is 844. The lowest BCUT2D eigenvalue weighted by atomic mass is 10.1. The van der Waals surface area contributed by atoms with Crippen molar-refractivity contribution in [3.05, 3.63) is 64.7 Å². The molecule has 28 heavy (non-hydrogen) atoms. The molecular weight excluding hydrogens is 396 g/mol. The number of hydrogen-bond acceptors (Lipinski definition) is 4. The SMILES string of the molecule is CCOc1cccc(C(C)NC(=O)C2CSCN2C(=O)c2ccc(Cl)cc2)c1. The van der Waals surface area contributed by atoms with E-state index in [0.717, 1.165) is 11.3 Å². The van der Waals surface area contributed by atoms with Crippen molar-refractivity contribution in [2.75, 3.05) is 18.2 Å². The molecule has 1 saturated heterocycles. The summed E-state index contributed by atoms with van der Waals surface area (Å²) >= 11 is 7.47. The molecule has 148 valence electrons. The number of ether oxygens (including phenoxy) is 1. The second-order valence-corrected chi connectivity index (χ2v) is 7.97. The zero-order valence-electron chi connectivity index (χ0n) is 15.9. The first-order valence-electron chi connectivity index (χ1n) is 9.17. The molecule has 3 rings (SSSR count). The average molecular weight is 419 g/mol. The third-order valence-electron chi connectivity index (χ3n) is 4.56. The van der Waals surface area contributed by atoms with Crippen LogP contribution in [0, 0.1) is 0 Å². The van der Waals surface area contributed by atoms with Crippen LogP contribution in [0.25, 0.3) is 0 Å². The molecule has 0 bridgehead atoms. The van der Waals surface area contributed by atoms with E-state index in [1.165, 1.54) is 0 Å². The van der Waals surface area contributed by atoms with Crippen LogP contribution < -0.4 is 10.1 Å². The first kappa shape index (κ1) is 20.6. The molecule has 2 aromatic carbocycles. The number of benzene rings is 2. The van der Waals surface area contributed by atoms with E-state index in [1.54, 1.807) is 40.9 Å². The summed E-state index contributed by atoms with van der Waals surface area (Å²) in [5, 5.41) is 3.60. The molecule has 1 N–H and O–H groups in total. The Hall–Kier alpha value is -2.18. The first-order chi connectivity index (χ1) is 13.5. The van der Waals surface area contributed by atoms with Crippen LogP contribution in [0.3, 0.4) is 0 Å². The molecule has 1 heterocycles. The van der Waals surface area contributed by atoms with Crippen LogP contribution in [0.2, 0.25) is 5.02 Å². The molecule has 0 aromatic heterocycles. The average Bonchev–Trinajstić information content (AvgIpc) is 3.18. The minimum Gasteiger partial charge on any atom is -0.494 e. The number of hydrogen-bond donors (Lipinski definition) is 1. The van der Waals surface area contributed by atoms with Crippen LogP contribution >= 0.6 is 23.4 Å². The molecule has 2 atom stereocenters. The summed E-state index contributed by atoms with van der Waals surface area (Å²) in [6.07, 6.45) is 0. The van der Waals surface area contributed by atoms with E-state index in [-0.39, 0.29) is 17.9 Å². The number of halogens is 1. The second-order valence-electron chi connectivity index (χ2n) is 6.53. The summed E-state index contributed by atoms with van der Waals surface area (Å²) in [5.74, 6) is 1.54. The van der Waals surface area contributed by atoms with Crippen LogP contribution in [-0.4, -0.2) is 41.0 Å². The molecule has 0 radical (unpaired) electrons. The molecule has 2 unspecified atom stereocenters. The Labute approximate surface area is 174 Å². The highest BCUT2D eigenvalue weighted by Gasteiger charge is 2.35. The Morgan fingerprint density at radius 3 is 2.75 bits per heavy atom. The molecule has 2 amide bonds. The van der Waals surface area contributed by atoms with Crippen molar-refractivity contribution in [3.63, 3.8) is 0 Å². The second kappa shape index (κ2) is 9.34. The van der Waals surface area contributed by atoms with E-state index in [9.17, 15) is 9.59 Å². The van der Waals surface area contributed by atoms with Crippen molar-refractivity contribution in [1.29, 1.82) is 0 Å². The standard InChI is InChI=1S/C21H23ClN2O3S/c1-3-27-18-6-4-5-16(11-18)14(2)23-20(25)19-12-28-13-24(19)21(26)15-7-9-17(22)10-8-15/h4-11,14,19H,3,12-13H2,1-2H3,(H,23,25). The van der Waals surface area contributed by atoms with Crippen molar-refractivity contribution in [3.8, 4) is 5.75 Å². The summed E-state index contributed by atoms with van der Waals surface area (Å²) in [6, 6.07) is 13.7. The minimum absolute atomic E-state index is 0.151. The zero-order valence-corrected chi connectivity index (χ0v) is 17.4. The number of carbonyl (C=O) groups excluding carboxylic acids is 2. The van der Waals surface area contributed by atoms with Gasteiger partial charge in [-0.3, -0.25) is 9.59 Å². The molecule has 1 aliphatic rings. The van der Waals surface area contributed by atoms with Gasteiger partial charge in [-0.25, -0.2) is 0 Å². The molecule has 1 fully saturated rings. The highest BCUT2D eigenvalue weighted by molar-refractivity contribution is 7.99. The van der Waals surface area contributed by atoms with E-state index in [4.69, 9.17) is 16.3 Å². The van der Waals surface area contributed by atoms with Gasteiger partial charge < -0.3 is 15.0 Å². The number of rotatable bonds is 6. The van der Waals surface area contributed by atoms with Crippen LogP contribution in [0.1, 0.15) is 35.8 Å². The molecular formula is C21H23ClN2O3S. The maximum Gasteiger partial charge on any atom is 0.255 e. The van der Waals surface area contributed by atoms with Crippen LogP contribution in [0.4, 0.5) is 0 Å². The molecule has 7 heteroatoms. The lowest BCUT2D eigenvalue weighted by Crippen LogP contribution is -2.47. The Balaban J connectivity index is 1.68. The summed E-state index contributed by atoms with van der Waals surface area (Å²) in [4.78, 5) is 27.3. The van der Waals surface area contributed by atoms with Gasteiger partial charge in [0.2, 0.25) is 5.91 Å². The largest absolute Gasteiger partial charge is 0.494 e. The van der Waals surface area contributed by atoms with Gasteiger partial charge in [-0.2, -0.15) is 0 Å². The van der Waals surface area contributed by atoms with Gasteiger partial charge in [0.15, 0.2) is 0 Å². The Morgan fingerprint density at radius 1 is 1.29 bits per heavy atom. The quantitative estimate of drug-likeness (QED) is 0.766. The third-order valence-corrected chi connectivity index (χ3v) is 5.83. The summed E-state index contributed by atoms with van der Waals surface area (Å²) in [5.41, 5.74) is 1.49. The summed E-state index contributed by atoms with van der Waals surface area (Å²) < 4.78 is 5.53. The Morgan fingerprint density at radius 2 is 2.04 bits per heavy atom. The molecule has 1 aliphatic heterocycles. The van der Waals surface area contributed by atoms with Gasteiger partial charge in [0, 0.05) is 16.3 Å². The fourth-order valence-electron chi connectivity index (χ4n) is 3.05. The predicted octanol–water partition coefficient (Wildman–Crippen LogP) is 4.13. The Kier molecular flexibility index (Phi) is 6.86. The van der Waals surface area contributed by atoms with Crippen molar-refractivity contribution >= 4 is 35.2 Å². The highest BCUT2D eigenvalue weighted by Crippen LogP contribution is 2.25. The van der Waals surface area contributed by atoms with Crippen LogP contribution in [-0.2, 0) is 4.79 Å². The summed E-state index contributed by atoms with van der Waals surface area (Å²) in [7, 11) is 0. The third kappa shape index (κ3) is 4.80. The van der Waals surface area contributed by atoms with E-state index in [2.05, 4.69) is 5.32 Å². The van der Waals surface area contributed by atoms with E-state index in [1.807, 2.05) is 38.1 Å². The molecule has 0 spiro atoms. The smallest absolute Gasteiger partial charge is 0.255 e. The van der Waals surface area contributed by atoms with Crippen molar-refractivity contribution in [2.24, 2.45) is 0 Å². The summed E-state index contributed by atoms with van der Waals surface area (Å²) in [6.45, 7) is 4.45.